The van der Waals surface area contributed by atoms with Crippen LogP contribution < -0.4 is 0 Å². The summed E-state index contributed by atoms with van der Waals surface area (Å²) in [5, 5.41) is 14.2. The van der Waals surface area contributed by atoms with E-state index in [-0.39, 0.29) is 11.4 Å². The van der Waals surface area contributed by atoms with E-state index in [0.29, 0.717) is 12.5 Å². The number of rotatable bonds is 6. The number of halogens is 6. The molecule has 1 aromatic heterocycles. The minimum Gasteiger partial charge on any atom is -0.475 e. The van der Waals surface area contributed by atoms with E-state index >= 15 is 0 Å². The Bertz CT molecular complexity index is 959. The van der Waals surface area contributed by atoms with Crippen LogP contribution in [0.1, 0.15) is 29.5 Å². The van der Waals surface area contributed by atoms with E-state index in [9.17, 15) is 31.1 Å². The summed E-state index contributed by atoms with van der Waals surface area (Å²) >= 11 is 1.88. The van der Waals surface area contributed by atoms with Crippen LogP contribution in [0.4, 0.5) is 26.3 Å². The van der Waals surface area contributed by atoms with Crippen molar-refractivity contribution >= 4 is 29.2 Å². The monoisotopic (exact) mass is 590 g/mol. The molecule has 0 aromatic carbocycles. The number of aryl methyl sites for hydroxylation is 1. The van der Waals surface area contributed by atoms with Gasteiger partial charge in [-0.05, 0) is 45.4 Å². The number of nitrogens with zero attached hydrogens (tertiary/aromatic N) is 2. The first-order valence-electron chi connectivity index (χ1n) is 11.8. The number of thiophene rings is 1. The van der Waals surface area contributed by atoms with Gasteiger partial charge in [-0.3, -0.25) is 14.6 Å². The molecule has 222 valence electrons. The molecule has 2 aliphatic heterocycles. The molecule has 2 N–H and O–H groups in total. The van der Waals surface area contributed by atoms with Gasteiger partial charge in [0.05, 0.1) is 12.0 Å². The van der Waals surface area contributed by atoms with E-state index in [0.717, 1.165) is 52.1 Å². The van der Waals surface area contributed by atoms with Gasteiger partial charge in [0.25, 0.3) is 0 Å². The average Bonchev–Trinajstić information content (AvgIpc) is 3.32. The lowest BCUT2D eigenvalue weighted by Gasteiger charge is -2.31. The topological polar surface area (TPSA) is 107 Å². The van der Waals surface area contributed by atoms with Gasteiger partial charge in [-0.25, -0.2) is 9.59 Å². The molecule has 2 atom stereocenters. The molecule has 0 aliphatic carbocycles. The highest BCUT2D eigenvalue weighted by Gasteiger charge is 2.53. The molecule has 0 bridgehead atoms. The van der Waals surface area contributed by atoms with E-state index in [2.05, 4.69) is 35.4 Å². The number of hydrogen-bond acceptors (Lipinski definition) is 7. The standard InChI is InChI=1S/C20H30N2O2S.2C2HF3O2/c1-4-10-22-13-17-12-21(14-18-8-7-16(3)25-18)11-6-9-20(17,15-22)19(23)24-5-2;2*3-2(4,5)1(6)7/h4,7-8,17H,1,5-6,9-15H2,2-3H3;2*(H,6,7)/t17-,20-;;/m0../s1. The van der Waals surface area contributed by atoms with Crippen LogP contribution in [0.25, 0.3) is 0 Å². The number of likely N-dealkylation sites (tertiary alicyclic amines) is 2. The quantitative estimate of drug-likeness (QED) is 0.282. The minimum atomic E-state index is -5.08. The number of alkyl halides is 6. The zero-order valence-corrected chi connectivity index (χ0v) is 22.3. The first kappa shape index (κ1) is 34.4. The van der Waals surface area contributed by atoms with Gasteiger partial charge in [-0.1, -0.05) is 6.08 Å². The molecule has 2 aliphatic rings. The fourth-order valence-electron chi connectivity index (χ4n) is 4.48. The predicted molar refractivity (Wildman–Crippen MR) is 130 cm³/mol. The van der Waals surface area contributed by atoms with Crippen molar-refractivity contribution in [1.82, 2.24) is 9.80 Å². The SMILES string of the molecule is C=CCN1C[C@@H]2CN(Cc3ccc(C)s3)CCC[C@]2(C(=O)OCC)C1.O=C(O)C(F)(F)F.O=C(O)C(F)(F)F. The van der Waals surface area contributed by atoms with Crippen molar-refractivity contribution in [3.8, 4) is 0 Å². The van der Waals surface area contributed by atoms with Crippen LogP contribution in [0.15, 0.2) is 24.8 Å². The lowest BCUT2D eigenvalue weighted by molar-refractivity contribution is -0.193. The van der Waals surface area contributed by atoms with Gasteiger partial charge in [-0.15, -0.1) is 17.9 Å². The Kier molecular flexibility index (Phi) is 12.9. The Morgan fingerprint density at radius 1 is 1.10 bits per heavy atom. The third kappa shape index (κ3) is 10.8. The smallest absolute Gasteiger partial charge is 0.475 e. The van der Waals surface area contributed by atoms with Crippen LogP contribution in [0.2, 0.25) is 0 Å². The number of aliphatic carboxylic acids is 2. The Hall–Kier alpha value is -2.65. The van der Waals surface area contributed by atoms with E-state index in [1.54, 1.807) is 0 Å². The van der Waals surface area contributed by atoms with Crippen molar-refractivity contribution in [2.24, 2.45) is 11.3 Å². The van der Waals surface area contributed by atoms with E-state index in [1.165, 1.54) is 9.75 Å². The van der Waals surface area contributed by atoms with Gasteiger partial charge in [0.1, 0.15) is 0 Å². The average molecular weight is 591 g/mol. The van der Waals surface area contributed by atoms with Crippen LogP contribution >= 0.6 is 11.3 Å². The summed E-state index contributed by atoms with van der Waals surface area (Å²) < 4.78 is 69.0. The largest absolute Gasteiger partial charge is 0.490 e. The Morgan fingerprint density at radius 3 is 2.08 bits per heavy atom. The predicted octanol–water partition coefficient (Wildman–Crippen LogP) is 4.59. The molecule has 0 radical (unpaired) electrons. The minimum absolute atomic E-state index is 0.0142. The maximum absolute atomic E-state index is 12.9. The molecule has 0 spiro atoms. The molecule has 8 nitrogen and oxygen atoms in total. The normalized spacial score (nSPS) is 21.8. The van der Waals surface area contributed by atoms with Crippen LogP contribution in [0.3, 0.4) is 0 Å². The second-order valence-electron chi connectivity index (χ2n) is 9.01. The molecule has 3 heterocycles. The van der Waals surface area contributed by atoms with Gasteiger partial charge in [0, 0.05) is 48.4 Å². The second kappa shape index (κ2) is 14.7. The Balaban J connectivity index is 0.000000449. The van der Waals surface area contributed by atoms with Crippen LogP contribution in [0.5, 0.6) is 0 Å². The van der Waals surface area contributed by atoms with Crippen molar-refractivity contribution in [2.45, 2.75) is 45.6 Å². The van der Waals surface area contributed by atoms with Crippen molar-refractivity contribution < 1.29 is 55.7 Å². The van der Waals surface area contributed by atoms with E-state index in [1.807, 2.05) is 24.3 Å². The summed E-state index contributed by atoms with van der Waals surface area (Å²) in [6.45, 7) is 14.1. The van der Waals surface area contributed by atoms with E-state index < -0.39 is 24.3 Å². The molecular formula is C24H32F6N2O6S. The summed E-state index contributed by atoms with van der Waals surface area (Å²) in [6.07, 6.45) is -6.23. The van der Waals surface area contributed by atoms with Gasteiger partial charge in [0.2, 0.25) is 0 Å². The number of hydrogen-bond donors (Lipinski definition) is 2. The second-order valence-corrected chi connectivity index (χ2v) is 10.4. The summed E-state index contributed by atoms with van der Waals surface area (Å²) in [7, 11) is 0. The maximum atomic E-state index is 12.9. The van der Waals surface area contributed by atoms with Crippen molar-refractivity contribution in [3.05, 3.63) is 34.5 Å². The molecule has 0 saturated carbocycles. The third-order valence-electron chi connectivity index (χ3n) is 6.07. The van der Waals surface area contributed by atoms with E-state index in [4.69, 9.17) is 24.5 Å². The van der Waals surface area contributed by atoms with Gasteiger partial charge >= 0.3 is 30.3 Å². The Labute approximate surface area is 225 Å². The highest BCUT2D eigenvalue weighted by Crippen LogP contribution is 2.44. The van der Waals surface area contributed by atoms with Crippen LogP contribution in [-0.4, -0.2) is 89.6 Å². The highest BCUT2D eigenvalue weighted by atomic mass is 32.1. The lowest BCUT2D eigenvalue weighted by Crippen LogP contribution is -2.42. The number of fused-ring (bicyclic) bond motifs is 1. The van der Waals surface area contributed by atoms with Gasteiger partial charge < -0.3 is 14.9 Å². The zero-order valence-electron chi connectivity index (χ0n) is 21.5. The number of ether oxygens (including phenoxy) is 1. The zero-order chi connectivity index (χ0) is 30.0. The molecule has 1 aromatic rings. The van der Waals surface area contributed by atoms with Crippen molar-refractivity contribution in [3.63, 3.8) is 0 Å². The lowest BCUT2D eigenvalue weighted by atomic mass is 9.75. The number of esters is 1. The van der Waals surface area contributed by atoms with Crippen molar-refractivity contribution in [1.29, 1.82) is 0 Å². The fraction of sp³-hybridized carbons (Fsp3) is 0.625. The van der Waals surface area contributed by atoms with Gasteiger partial charge in [0.15, 0.2) is 0 Å². The molecule has 15 heteroatoms. The number of carboxylic acid groups (broad SMARTS) is 2. The molecule has 2 fully saturated rings. The summed E-state index contributed by atoms with van der Waals surface area (Å²) in [5.41, 5.74) is -0.334. The molecule has 0 unspecified atom stereocenters. The number of carbonyl (C=O) groups is 3. The maximum Gasteiger partial charge on any atom is 0.490 e. The molecule has 2 saturated heterocycles. The fourth-order valence-corrected chi connectivity index (χ4v) is 5.41. The van der Waals surface area contributed by atoms with Gasteiger partial charge in [-0.2, -0.15) is 26.3 Å². The molecule has 0 amide bonds. The summed E-state index contributed by atoms with van der Waals surface area (Å²) in [4.78, 5) is 38.4. The number of carbonyl (C=O) groups excluding carboxylic acids is 1. The van der Waals surface area contributed by atoms with Crippen LogP contribution in [-0.2, 0) is 25.7 Å². The summed E-state index contributed by atoms with van der Waals surface area (Å²) in [6, 6.07) is 4.43. The first-order chi connectivity index (χ1) is 18.0. The third-order valence-corrected chi connectivity index (χ3v) is 7.06. The molecular weight excluding hydrogens is 558 g/mol. The summed E-state index contributed by atoms with van der Waals surface area (Å²) in [5.74, 6) is -5.16. The van der Waals surface area contributed by atoms with Crippen LogP contribution in [0, 0.1) is 18.3 Å². The van der Waals surface area contributed by atoms with Crippen molar-refractivity contribution in [2.75, 3.05) is 39.3 Å². The highest BCUT2D eigenvalue weighted by molar-refractivity contribution is 7.11. The molecule has 39 heavy (non-hydrogen) atoms. The first-order valence-corrected chi connectivity index (χ1v) is 12.7. The number of carboxylic acids is 2. The molecule has 3 rings (SSSR count). The Morgan fingerprint density at radius 2 is 1.64 bits per heavy atom.